The highest BCUT2D eigenvalue weighted by Crippen LogP contribution is 2.28. The standard InChI is InChI=1S/C14H16BrN3/c1-17-10-12(8-16-17)18-7-3-5-13-11(9-18)4-2-6-14(13)15/h2,4,6,8,10H,3,5,7,9H2,1H3. The largest absolute Gasteiger partial charge is 0.365 e. The smallest absolute Gasteiger partial charge is 0.0755 e. The van der Waals surface area contributed by atoms with E-state index in [9.17, 15) is 0 Å². The minimum absolute atomic E-state index is 0.973. The molecule has 1 aliphatic rings. The van der Waals surface area contributed by atoms with Crippen molar-refractivity contribution in [2.24, 2.45) is 7.05 Å². The van der Waals surface area contributed by atoms with Crippen molar-refractivity contribution in [1.82, 2.24) is 9.78 Å². The molecule has 0 spiro atoms. The molecular weight excluding hydrogens is 290 g/mol. The fraction of sp³-hybridized carbons (Fsp3) is 0.357. The van der Waals surface area contributed by atoms with Gasteiger partial charge in [0, 0.05) is 30.8 Å². The lowest BCUT2D eigenvalue weighted by Crippen LogP contribution is -2.21. The number of nitrogens with zero attached hydrogens (tertiary/aromatic N) is 3. The van der Waals surface area contributed by atoms with Gasteiger partial charge in [0.25, 0.3) is 0 Å². The first-order chi connectivity index (χ1) is 8.74. The van der Waals surface area contributed by atoms with Crippen LogP contribution < -0.4 is 4.90 Å². The lowest BCUT2D eigenvalue weighted by Gasteiger charge is -2.21. The molecule has 0 unspecified atom stereocenters. The van der Waals surface area contributed by atoms with Crippen molar-refractivity contribution in [3.8, 4) is 0 Å². The summed E-state index contributed by atoms with van der Waals surface area (Å²) in [5.41, 5.74) is 4.10. The van der Waals surface area contributed by atoms with Crippen LogP contribution in [0.15, 0.2) is 35.1 Å². The lowest BCUT2D eigenvalue weighted by atomic mass is 10.0. The molecule has 0 fully saturated rings. The summed E-state index contributed by atoms with van der Waals surface area (Å²) in [5, 5.41) is 4.26. The Morgan fingerprint density at radius 1 is 1.33 bits per heavy atom. The molecule has 0 saturated heterocycles. The van der Waals surface area contributed by atoms with Crippen molar-refractivity contribution >= 4 is 21.6 Å². The summed E-state index contributed by atoms with van der Waals surface area (Å²) in [6, 6.07) is 6.49. The highest BCUT2D eigenvalue weighted by atomic mass is 79.9. The molecule has 0 amide bonds. The van der Waals surface area contributed by atoms with Gasteiger partial charge in [-0.1, -0.05) is 28.1 Å². The van der Waals surface area contributed by atoms with Gasteiger partial charge >= 0.3 is 0 Å². The maximum Gasteiger partial charge on any atom is 0.0755 e. The fourth-order valence-electron chi connectivity index (χ4n) is 2.55. The maximum atomic E-state index is 4.26. The van der Waals surface area contributed by atoms with Crippen molar-refractivity contribution in [2.45, 2.75) is 19.4 Å². The van der Waals surface area contributed by atoms with Crippen LogP contribution in [0.4, 0.5) is 5.69 Å². The fourth-order valence-corrected chi connectivity index (χ4v) is 3.16. The molecule has 0 aliphatic carbocycles. The number of rotatable bonds is 1. The highest BCUT2D eigenvalue weighted by Gasteiger charge is 2.17. The van der Waals surface area contributed by atoms with Crippen molar-refractivity contribution in [1.29, 1.82) is 0 Å². The van der Waals surface area contributed by atoms with Crippen molar-refractivity contribution in [3.63, 3.8) is 0 Å². The zero-order chi connectivity index (χ0) is 12.5. The molecule has 4 heteroatoms. The van der Waals surface area contributed by atoms with Crippen LogP contribution in [0.5, 0.6) is 0 Å². The van der Waals surface area contributed by atoms with Crippen LogP contribution >= 0.6 is 15.9 Å². The van der Waals surface area contributed by atoms with Gasteiger partial charge in [-0.3, -0.25) is 4.68 Å². The molecule has 0 N–H and O–H groups in total. The molecule has 0 bridgehead atoms. The van der Waals surface area contributed by atoms with Gasteiger partial charge in [0.05, 0.1) is 11.9 Å². The number of benzene rings is 1. The summed E-state index contributed by atoms with van der Waals surface area (Å²) in [6.45, 7) is 2.06. The quantitative estimate of drug-likeness (QED) is 0.807. The Balaban J connectivity index is 1.93. The summed E-state index contributed by atoms with van der Waals surface area (Å²) in [6.07, 6.45) is 6.37. The Hall–Kier alpha value is -1.29. The van der Waals surface area contributed by atoms with Crippen LogP contribution in [0.25, 0.3) is 0 Å². The second-order valence-corrected chi connectivity index (χ2v) is 5.63. The molecule has 1 aromatic heterocycles. The zero-order valence-electron chi connectivity index (χ0n) is 10.4. The van der Waals surface area contributed by atoms with E-state index in [1.807, 2.05) is 17.9 Å². The predicted octanol–water partition coefficient (Wildman–Crippen LogP) is 3.14. The van der Waals surface area contributed by atoms with Crippen molar-refractivity contribution in [3.05, 3.63) is 46.2 Å². The molecule has 3 nitrogen and oxygen atoms in total. The van der Waals surface area contributed by atoms with E-state index in [-0.39, 0.29) is 0 Å². The van der Waals surface area contributed by atoms with Crippen LogP contribution in [-0.4, -0.2) is 16.3 Å². The Bertz CT molecular complexity index is 562. The van der Waals surface area contributed by atoms with Crippen LogP contribution in [0, 0.1) is 0 Å². The number of anilines is 1. The molecule has 0 saturated carbocycles. The first kappa shape index (κ1) is 11.8. The summed E-state index contributed by atoms with van der Waals surface area (Å²) in [5.74, 6) is 0. The molecule has 94 valence electrons. The summed E-state index contributed by atoms with van der Waals surface area (Å²) in [4.78, 5) is 2.41. The van der Waals surface area contributed by atoms with Crippen LogP contribution in [0.2, 0.25) is 0 Å². The lowest BCUT2D eigenvalue weighted by molar-refractivity contribution is 0.756. The normalized spacial score (nSPS) is 15.3. The van der Waals surface area contributed by atoms with E-state index >= 15 is 0 Å². The topological polar surface area (TPSA) is 21.1 Å². The van der Waals surface area contributed by atoms with Gasteiger partial charge < -0.3 is 4.90 Å². The molecular formula is C14H16BrN3. The third kappa shape index (κ3) is 2.17. The minimum Gasteiger partial charge on any atom is -0.365 e. The second kappa shape index (κ2) is 4.76. The van der Waals surface area contributed by atoms with Gasteiger partial charge in [-0.15, -0.1) is 0 Å². The molecule has 0 atom stereocenters. The zero-order valence-corrected chi connectivity index (χ0v) is 12.0. The summed E-state index contributed by atoms with van der Waals surface area (Å²) >= 11 is 3.66. The summed E-state index contributed by atoms with van der Waals surface area (Å²) in [7, 11) is 1.96. The average Bonchev–Trinajstić information content (AvgIpc) is 2.66. The Morgan fingerprint density at radius 3 is 3.00 bits per heavy atom. The maximum absolute atomic E-state index is 4.26. The van der Waals surface area contributed by atoms with E-state index in [1.54, 1.807) is 0 Å². The predicted molar refractivity (Wildman–Crippen MR) is 76.7 cm³/mol. The highest BCUT2D eigenvalue weighted by molar-refractivity contribution is 9.10. The molecule has 0 radical (unpaired) electrons. The van der Waals surface area contributed by atoms with E-state index in [1.165, 1.54) is 27.7 Å². The van der Waals surface area contributed by atoms with Crippen LogP contribution in [0.1, 0.15) is 17.5 Å². The van der Waals surface area contributed by atoms with Gasteiger partial charge in [0.2, 0.25) is 0 Å². The Kier molecular flexibility index (Phi) is 3.12. The molecule has 2 heterocycles. The average molecular weight is 306 g/mol. The van der Waals surface area contributed by atoms with E-state index in [2.05, 4.69) is 50.3 Å². The SMILES string of the molecule is Cn1cc(N2CCCc3c(Br)cccc3C2)cn1. The number of aryl methyl sites for hydroxylation is 1. The van der Waals surface area contributed by atoms with Gasteiger partial charge in [-0.25, -0.2) is 0 Å². The van der Waals surface area contributed by atoms with Gasteiger partial charge in [0.1, 0.15) is 0 Å². The number of hydrogen-bond acceptors (Lipinski definition) is 2. The Morgan fingerprint density at radius 2 is 2.22 bits per heavy atom. The third-order valence-corrected chi connectivity index (χ3v) is 4.23. The molecule has 2 aromatic rings. The van der Waals surface area contributed by atoms with Gasteiger partial charge in [-0.2, -0.15) is 5.10 Å². The number of fused-ring (bicyclic) bond motifs is 1. The molecule has 18 heavy (non-hydrogen) atoms. The van der Waals surface area contributed by atoms with E-state index < -0.39 is 0 Å². The van der Waals surface area contributed by atoms with Crippen LogP contribution in [-0.2, 0) is 20.0 Å². The summed E-state index contributed by atoms with van der Waals surface area (Å²) < 4.78 is 3.11. The van der Waals surface area contributed by atoms with Crippen molar-refractivity contribution < 1.29 is 0 Å². The monoisotopic (exact) mass is 305 g/mol. The Labute approximate surface area is 116 Å². The molecule has 3 rings (SSSR count). The number of halogens is 1. The number of hydrogen-bond donors (Lipinski definition) is 0. The van der Waals surface area contributed by atoms with E-state index in [0.717, 1.165) is 19.5 Å². The minimum atomic E-state index is 0.973. The van der Waals surface area contributed by atoms with Gasteiger partial charge in [0.15, 0.2) is 0 Å². The van der Waals surface area contributed by atoms with E-state index in [4.69, 9.17) is 0 Å². The van der Waals surface area contributed by atoms with Crippen LogP contribution in [0.3, 0.4) is 0 Å². The second-order valence-electron chi connectivity index (χ2n) is 4.77. The molecule has 1 aromatic carbocycles. The van der Waals surface area contributed by atoms with Gasteiger partial charge in [-0.05, 0) is 30.0 Å². The first-order valence-electron chi connectivity index (χ1n) is 6.24. The number of aromatic nitrogens is 2. The molecule has 1 aliphatic heterocycles. The first-order valence-corrected chi connectivity index (χ1v) is 7.03. The van der Waals surface area contributed by atoms with E-state index in [0.29, 0.717) is 0 Å². The third-order valence-electron chi connectivity index (χ3n) is 3.49. The van der Waals surface area contributed by atoms with Crippen molar-refractivity contribution in [2.75, 3.05) is 11.4 Å².